The summed E-state index contributed by atoms with van der Waals surface area (Å²) in [6.07, 6.45) is -0.782. The summed E-state index contributed by atoms with van der Waals surface area (Å²) in [5.74, 6) is 0.0516. The molecule has 15 heavy (non-hydrogen) atoms. The predicted molar refractivity (Wildman–Crippen MR) is 60.5 cm³/mol. The molecule has 1 aromatic rings. The Kier molecular flexibility index (Phi) is 3.03. The van der Waals surface area contributed by atoms with E-state index in [0.29, 0.717) is 23.4 Å². The summed E-state index contributed by atoms with van der Waals surface area (Å²) in [5, 5.41) is 0.680. The normalized spacial score (nSPS) is 26.0. The number of halogens is 3. The zero-order valence-electron chi connectivity index (χ0n) is 8.25. The fourth-order valence-corrected chi connectivity index (χ4v) is 2.22. The Morgan fingerprint density at radius 1 is 1.33 bits per heavy atom. The van der Waals surface area contributed by atoms with Crippen LogP contribution in [-0.2, 0) is 0 Å². The number of anilines is 1. The van der Waals surface area contributed by atoms with Crippen molar-refractivity contribution in [2.45, 2.75) is 13.1 Å². The van der Waals surface area contributed by atoms with E-state index in [1.807, 2.05) is 11.8 Å². The van der Waals surface area contributed by atoms with Gasteiger partial charge in [0.05, 0.1) is 0 Å². The van der Waals surface area contributed by atoms with Gasteiger partial charge < -0.3 is 4.90 Å². The molecule has 0 bridgehead atoms. The molecule has 0 aromatic carbocycles. The molecule has 0 aliphatic carbocycles. The first kappa shape index (κ1) is 11.0. The molecule has 0 saturated carbocycles. The number of rotatable bonds is 1. The standard InChI is InChI=1S/C10H11Cl2FN2/c1-6-4-15(5-8(6)13)7-2-9(11)14-10(12)3-7/h2-3,6,8H,4-5H2,1H3. The van der Waals surface area contributed by atoms with Gasteiger partial charge in [-0.25, -0.2) is 9.37 Å². The van der Waals surface area contributed by atoms with Gasteiger partial charge in [-0.2, -0.15) is 0 Å². The summed E-state index contributed by atoms with van der Waals surface area (Å²) >= 11 is 11.6. The predicted octanol–water partition coefficient (Wildman–Crippen LogP) is 3.18. The van der Waals surface area contributed by atoms with Crippen LogP contribution in [0.4, 0.5) is 10.1 Å². The quantitative estimate of drug-likeness (QED) is 0.710. The maximum atomic E-state index is 13.3. The van der Waals surface area contributed by atoms with Gasteiger partial charge in [0.15, 0.2) is 0 Å². The minimum atomic E-state index is -0.782. The van der Waals surface area contributed by atoms with E-state index in [2.05, 4.69) is 4.98 Å². The number of alkyl halides is 1. The molecule has 2 nitrogen and oxygen atoms in total. The van der Waals surface area contributed by atoms with Crippen molar-refractivity contribution in [2.75, 3.05) is 18.0 Å². The average Bonchev–Trinajstić information content (AvgIpc) is 2.45. The Labute approximate surface area is 98.0 Å². The second-order valence-corrected chi connectivity index (χ2v) is 4.64. The van der Waals surface area contributed by atoms with Crippen molar-refractivity contribution >= 4 is 28.9 Å². The number of hydrogen-bond acceptors (Lipinski definition) is 2. The molecule has 0 radical (unpaired) electrons. The summed E-state index contributed by atoms with van der Waals surface area (Å²) in [7, 11) is 0. The highest BCUT2D eigenvalue weighted by Gasteiger charge is 2.29. The molecule has 1 aromatic heterocycles. The first-order chi connectivity index (χ1) is 7.06. The smallest absolute Gasteiger partial charge is 0.132 e. The highest BCUT2D eigenvalue weighted by atomic mass is 35.5. The lowest BCUT2D eigenvalue weighted by Crippen LogP contribution is -2.20. The van der Waals surface area contributed by atoms with Gasteiger partial charge in [-0.05, 0) is 12.1 Å². The molecule has 2 rings (SSSR count). The molecule has 2 atom stereocenters. The molecule has 0 amide bonds. The maximum Gasteiger partial charge on any atom is 0.132 e. The zero-order valence-corrected chi connectivity index (χ0v) is 9.76. The van der Waals surface area contributed by atoms with E-state index >= 15 is 0 Å². The van der Waals surface area contributed by atoms with E-state index in [9.17, 15) is 4.39 Å². The second-order valence-electron chi connectivity index (χ2n) is 3.87. The first-order valence-corrected chi connectivity index (χ1v) is 5.54. The molecule has 0 spiro atoms. The van der Waals surface area contributed by atoms with Gasteiger partial charge >= 0.3 is 0 Å². The van der Waals surface area contributed by atoms with Crippen molar-refractivity contribution in [3.05, 3.63) is 22.4 Å². The van der Waals surface area contributed by atoms with Gasteiger partial charge in [0.2, 0.25) is 0 Å². The molecule has 82 valence electrons. The number of pyridine rings is 1. The van der Waals surface area contributed by atoms with Crippen LogP contribution in [0.5, 0.6) is 0 Å². The third-order valence-electron chi connectivity index (χ3n) is 2.63. The molecule has 5 heteroatoms. The van der Waals surface area contributed by atoms with Gasteiger partial charge in [0.1, 0.15) is 16.5 Å². The fraction of sp³-hybridized carbons (Fsp3) is 0.500. The van der Waals surface area contributed by atoms with Crippen LogP contribution in [0.3, 0.4) is 0 Å². The number of nitrogens with zero attached hydrogens (tertiary/aromatic N) is 2. The topological polar surface area (TPSA) is 16.1 Å². The molecular weight excluding hydrogens is 238 g/mol. The van der Waals surface area contributed by atoms with Gasteiger partial charge in [0, 0.05) is 24.7 Å². The lowest BCUT2D eigenvalue weighted by molar-refractivity contribution is 0.299. The molecule has 0 N–H and O–H groups in total. The second kappa shape index (κ2) is 4.14. The van der Waals surface area contributed by atoms with Crippen LogP contribution in [-0.4, -0.2) is 24.2 Å². The molecule has 1 saturated heterocycles. The van der Waals surface area contributed by atoms with Crippen LogP contribution < -0.4 is 4.90 Å². The Hall–Kier alpha value is -0.540. The van der Waals surface area contributed by atoms with Crippen LogP contribution in [0, 0.1) is 5.92 Å². The molecule has 2 heterocycles. The Balaban J connectivity index is 2.23. The lowest BCUT2D eigenvalue weighted by atomic mass is 10.1. The minimum absolute atomic E-state index is 0.0516. The molecule has 1 fully saturated rings. The SMILES string of the molecule is CC1CN(c2cc(Cl)nc(Cl)c2)CC1F. The molecule has 1 aliphatic rings. The molecule has 1 aliphatic heterocycles. The summed E-state index contributed by atoms with van der Waals surface area (Å²) in [6.45, 7) is 2.99. The van der Waals surface area contributed by atoms with Gasteiger partial charge in [0.25, 0.3) is 0 Å². The van der Waals surface area contributed by atoms with Crippen LogP contribution in [0.1, 0.15) is 6.92 Å². The van der Waals surface area contributed by atoms with Crippen LogP contribution in [0.2, 0.25) is 10.3 Å². The summed E-state index contributed by atoms with van der Waals surface area (Å²) < 4.78 is 13.3. The summed E-state index contributed by atoms with van der Waals surface area (Å²) in [5.41, 5.74) is 0.840. The Morgan fingerprint density at radius 3 is 2.40 bits per heavy atom. The molecule has 2 unspecified atom stereocenters. The van der Waals surface area contributed by atoms with E-state index in [1.54, 1.807) is 12.1 Å². The minimum Gasteiger partial charge on any atom is -0.368 e. The maximum absolute atomic E-state index is 13.3. The van der Waals surface area contributed by atoms with Gasteiger partial charge in [-0.15, -0.1) is 0 Å². The zero-order chi connectivity index (χ0) is 11.0. The van der Waals surface area contributed by atoms with Crippen LogP contribution in [0.25, 0.3) is 0 Å². The highest BCUT2D eigenvalue weighted by Crippen LogP contribution is 2.28. The van der Waals surface area contributed by atoms with Crippen LogP contribution >= 0.6 is 23.2 Å². The third-order valence-corrected chi connectivity index (χ3v) is 3.02. The highest BCUT2D eigenvalue weighted by molar-refractivity contribution is 6.32. The van der Waals surface area contributed by atoms with Crippen molar-refractivity contribution in [1.29, 1.82) is 0 Å². The monoisotopic (exact) mass is 248 g/mol. The first-order valence-electron chi connectivity index (χ1n) is 4.78. The summed E-state index contributed by atoms with van der Waals surface area (Å²) in [6, 6.07) is 3.41. The average molecular weight is 249 g/mol. The van der Waals surface area contributed by atoms with Gasteiger partial charge in [-0.3, -0.25) is 0 Å². The molecular formula is C10H11Cl2FN2. The Morgan fingerprint density at radius 2 is 1.93 bits per heavy atom. The van der Waals surface area contributed by atoms with E-state index < -0.39 is 6.17 Å². The summed E-state index contributed by atoms with van der Waals surface area (Å²) in [4.78, 5) is 5.79. The third kappa shape index (κ3) is 2.34. The van der Waals surface area contributed by atoms with Crippen LogP contribution in [0.15, 0.2) is 12.1 Å². The fourth-order valence-electron chi connectivity index (χ4n) is 1.77. The van der Waals surface area contributed by atoms with Crippen molar-refractivity contribution < 1.29 is 4.39 Å². The van der Waals surface area contributed by atoms with E-state index in [4.69, 9.17) is 23.2 Å². The van der Waals surface area contributed by atoms with Gasteiger partial charge in [-0.1, -0.05) is 30.1 Å². The van der Waals surface area contributed by atoms with E-state index in [-0.39, 0.29) is 5.92 Å². The number of aromatic nitrogens is 1. The van der Waals surface area contributed by atoms with E-state index in [0.717, 1.165) is 5.69 Å². The van der Waals surface area contributed by atoms with E-state index in [1.165, 1.54) is 0 Å². The van der Waals surface area contributed by atoms with Crippen molar-refractivity contribution in [3.63, 3.8) is 0 Å². The lowest BCUT2D eigenvalue weighted by Gasteiger charge is -2.17. The van der Waals surface area contributed by atoms with Crippen molar-refractivity contribution in [2.24, 2.45) is 5.92 Å². The van der Waals surface area contributed by atoms with Crippen molar-refractivity contribution in [3.8, 4) is 0 Å². The largest absolute Gasteiger partial charge is 0.368 e. The number of hydrogen-bond donors (Lipinski definition) is 0. The van der Waals surface area contributed by atoms with Crippen molar-refractivity contribution in [1.82, 2.24) is 4.98 Å². The Bertz CT molecular complexity index is 342.